The first-order valence-electron chi connectivity index (χ1n) is 4.04. The van der Waals surface area contributed by atoms with Crippen molar-refractivity contribution in [1.29, 1.82) is 0 Å². The van der Waals surface area contributed by atoms with Crippen molar-refractivity contribution in [2.24, 2.45) is 0 Å². The van der Waals surface area contributed by atoms with Crippen molar-refractivity contribution in [1.82, 2.24) is 4.98 Å². The predicted octanol–water partition coefficient (Wildman–Crippen LogP) is 3.00. The molecule has 0 radical (unpaired) electrons. The number of nitrogens with zero attached hydrogens (tertiary/aromatic N) is 1. The number of oxazole rings is 1. The molecule has 0 aliphatic heterocycles. The molecule has 0 aliphatic rings. The van der Waals surface area contributed by atoms with Gasteiger partial charge in [-0.15, -0.1) is 0 Å². The normalized spacial score (nSPS) is 10.1. The van der Waals surface area contributed by atoms with E-state index in [1.54, 1.807) is 19.2 Å². The van der Waals surface area contributed by atoms with Gasteiger partial charge in [-0.1, -0.05) is 11.6 Å². The standard InChI is InChI=1S/C10H8ClNO2/c1-13-10-9(14-6-12-10)7-2-4-8(11)5-3-7/h2-6H,1H3. The summed E-state index contributed by atoms with van der Waals surface area (Å²) in [5.41, 5.74) is 0.892. The second kappa shape index (κ2) is 3.72. The minimum Gasteiger partial charge on any atom is -0.478 e. The third kappa shape index (κ3) is 1.59. The predicted molar refractivity (Wildman–Crippen MR) is 53.5 cm³/mol. The molecular formula is C10H8ClNO2. The summed E-state index contributed by atoms with van der Waals surface area (Å²) < 4.78 is 10.2. The Labute approximate surface area is 86.3 Å². The maximum atomic E-state index is 5.77. The lowest BCUT2D eigenvalue weighted by atomic mass is 10.2. The van der Waals surface area contributed by atoms with Crippen LogP contribution in [0.1, 0.15) is 0 Å². The zero-order valence-electron chi connectivity index (χ0n) is 7.53. The zero-order valence-corrected chi connectivity index (χ0v) is 8.28. The first-order chi connectivity index (χ1) is 6.81. The van der Waals surface area contributed by atoms with Gasteiger partial charge in [0.15, 0.2) is 12.2 Å². The second-order valence-electron chi connectivity index (χ2n) is 2.70. The van der Waals surface area contributed by atoms with Crippen LogP contribution in [-0.2, 0) is 0 Å². The molecule has 0 spiro atoms. The van der Waals surface area contributed by atoms with Gasteiger partial charge in [-0.25, -0.2) is 0 Å². The number of benzene rings is 1. The van der Waals surface area contributed by atoms with Crippen molar-refractivity contribution < 1.29 is 9.15 Å². The summed E-state index contributed by atoms with van der Waals surface area (Å²) in [7, 11) is 1.55. The molecule has 0 saturated carbocycles. The molecule has 0 aliphatic carbocycles. The van der Waals surface area contributed by atoms with E-state index in [-0.39, 0.29) is 0 Å². The van der Waals surface area contributed by atoms with Crippen LogP contribution in [0.15, 0.2) is 35.1 Å². The van der Waals surface area contributed by atoms with Crippen LogP contribution in [0.3, 0.4) is 0 Å². The molecule has 0 amide bonds. The molecule has 3 nitrogen and oxygen atoms in total. The molecule has 1 aromatic carbocycles. The lowest BCUT2D eigenvalue weighted by Gasteiger charge is -1.99. The van der Waals surface area contributed by atoms with E-state index < -0.39 is 0 Å². The van der Waals surface area contributed by atoms with Crippen LogP contribution in [0.5, 0.6) is 5.88 Å². The van der Waals surface area contributed by atoms with E-state index in [9.17, 15) is 0 Å². The maximum Gasteiger partial charge on any atom is 0.260 e. The number of hydrogen-bond donors (Lipinski definition) is 0. The molecule has 0 unspecified atom stereocenters. The molecule has 0 saturated heterocycles. The van der Waals surface area contributed by atoms with Crippen LogP contribution in [0, 0.1) is 0 Å². The molecule has 14 heavy (non-hydrogen) atoms. The van der Waals surface area contributed by atoms with E-state index in [1.807, 2.05) is 12.1 Å². The topological polar surface area (TPSA) is 35.3 Å². The average Bonchev–Trinajstić information content (AvgIpc) is 2.67. The van der Waals surface area contributed by atoms with Crippen molar-refractivity contribution in [3.8, 4) is 17.2 Å². The SMILES string of the molecule is COc1ncoc1-c1ccc(Cl)cc1. The fourth-order valence-electron chi connectivity index (χ4n) is 1.17. The fraction of sp³-hybridized carbons (Fsp3) is 0.100. The number of rotatable bonds is 2. The first kappa shape index (κ1) is 9.09. The summed E-state index contributed by atoms with van der Waals surface area (Å²) in [5, 5.41) is 0.687. The monoisotopic (exact) mass is 209 g/mol. The highest BCUT2D eigenvalue weighted by molar-refractivity contribution is 6.30. The Morgan fingerprint density at radius 1 is 1.29 bits per heavy atom. The van der Waals surface area contributed by atoms with Crippen molar-refractivity contribution in [3.05, 3.63) is 35.7 Å². The van der Waals surface area contributed by atoms with Gasteiger partial charge in [0.25, 0.3) is 5.88 Å². The second-order valence-corrected chi connectivity index (χ2v) is 3.13. The quantitative estimate of drug-likeness (QED) is 0.763. The van der Waals surface area contributed by atoms with E-state index in [0.717, 1.165) is 5.56 Å². The van der Waals surface area contributed by atoms with Gasteiger partial charge in [-0.2, -0.15) is 4.98 Å². The highest BCUT2D eigenvalue weighted by Crippen LogP contribution is 2.29. The molecule has 72 valence electrons. The Morgan fingerprint density at radius 3 is 2.64 bits per heavy atom. The highest BCUT2D eigenvalue weighted by Gasteiger charge is 2.10. The van der Waals surface area contributed by atoms with Gasteiger partial charge < -0.3 is 9.15 Å². The van der Waals surface area contributed by atoms with Crippen molar-refractivity contribution >= 4 is 11.6 Å². The lowest BCUT2D eigenvalue weighted by molar-refractivity contribution is 0.398. The summed E-state index contributed by atoms with van der Waals surface area (Å²) in [6.45, 7) is 0. The average molecular weight is 210 g/mol. The third-order valence-corrected chi connectivity index (χ3v) is 2.09. The molecule has 1 heterocycles. The minimum absolute atomic E-state index is 0.479. The van der Waals surface area contributed by atoms with E-state index in [4.69, 9.17) is 20.8 Å². The Kier molecular flexibility index (Phi) is 2.41. The highest BCUT2D eigenvalue weighted by atomic mass is 35.5. The van der Waals surface area contributed by atoms with Crippen LogP contribution in [-0.4, -0.2) is 12.1 Å². The maximum absolute atomic E-state index is 5.77. The number of methoxy groups -OCH3 is 1. The van der Waals surface area contributed by atoms with Gasteiger partial charge in [0.2, 0.25) is 0 Å². The summed E-state index contributed by atoms with van der Waals surface area (Å²) >= 11 is 5.77. The van der Waals surface area contributed by atoms with Crippen LogP contribution < -0.4 is 4.74 Å². The van der Waals surface area contributed by atoms with Gasteiger partial charge in [0, 0.05) is 10.6 Å². The van der Waals surface area contributed by atoms with Crippen molar-refractivity contribution in [3.63, 3.8) is 0 Å². The van der Waals surface area contributed by atoms with E-state index in [2.05, 4.69) is 4.98 Å². The minimum atomic E-state index is 0.479. The smallest absolute Gasteiger partial charge is 0.260 e. The van der Waals surface area contributed by atoms with Gasteiger partial charge in [-0.05, 0) is 24.3 Å². The van der Waals surface area contributed by atoms with Crippen LogP contribution in [0.25, 0.3) is 11.3 Å². The summed E-state index contributed by atoms with van der Waals surface area (Å²) in [6, 6.07) is 7.29. The van der Waals surface area contributed by atoms with E-state index in [0.29, 0.717) is 16.7 Å². The molecule has 2 aromatic rings. The molecule has 0 atom stereocenters. The molecule has 0 bridgehead atoms. The molecule has 0 N–H and O–H groups in total. The van der Waals surface area contributed by atoms with Gasteiger partial charge in [-0.3, -0.25) is 0 Å². The van der Waals surface area contributed by atoms with E-state index in [1.165, 1.54) is 6.39 Å². The third-order valence-electron chi connectivity index (χ3n) is 1.83. The summed E-state index contributed by atoms with van der Waals surface area (Å²) in [4.78, 5) is 3.91. The van der Waals surface area contributed by atoms with Gasteiger partial charge in [0.05, 0.1) is 7.11 Å². The first-order valence-corrected chi connectivity index (χ1v) is 4.42. The Balaban J connectivity index is 2.44. The molecule has 0 fully saturated rings. The largest absolute Gasteiger partial charge is 0.478 e. The van der Waals surface area contributed by atoms with E-state index >= 15 is 0 Å². The Bertz CT molecular complexity index is 422. The number of halogens is 1. The number of ether oxygens (including phenoxy) is 1. The van der Waals surface area contributed by atoms with Crippen LogP contribution in [0.4, 0.5) is 0 Å². The lowest BCUT2D eigenvalue weighted by Crippen LogP contribution is -1.84. The van der Waals surface area contributed by atoms with Crippen LogP contribution >= 0.6 is 11.6 Å². The molecule has 1 aromatic heterocycles. The Morgan fingerprint density at radius 2 is 2.00 bits per heavy atom. The fourth-order valence-corrected chi connectivity index (χ4v) is 1.30. The molecular weight excluding hydrogens is 202 g/mol. The van der Waals surface area contributed by atoms with Crippen molar-refractivity contribution in [2.45, 2.75) is 0 Å². The summed E-state index contributed by atoms with van der Waals surface area (Å²) in [5.74, 6) is 1.09. The summed E-state index contributed by atoms with van der Waals surface area (Å²) in [6.07, 6.45) is 1.35. The number of aromatic nitrogens is 1. The van der Waals surface area contributed by atoms with Gasteiger partial charge in [0.1, 0.15) is 0 Å². The molecule has 4 heteroatoms. The van der Waals surface area contributed by atoms with Gasteiger partial charge >= 0.3 is 0 Å². The zero-order chi connectivity index (χ0) is 9.97. The van der Waals surface area contributed by atoms with Crippen molar-refractivity contribution in [2.75, 3.05) is 7.11 Å². The van der Waals surface area contributed by atoms with Crippen LogP contribution in [0.2, 0.25) is 5.02 Å². The number of hydrogen-bond acceptors (Lipinski definition) is 3. The Hall–Kier alpha value is -1.48. The molecule has 2 rings (SSSR count).